The minimum atomic E-state index is -3.81. The molecule has 0 amide bonds. The van der Waals surface area contributed by atoms with Crippen molar-refractivity contribution in [2.24, 2.45) is 0 Å². The normalized spacial score (nSPS) is 20.4. The zero-order valence-corrected chi connectivity index (χ0v) is 12.2. The number of likely N-dealkylation sites (N-methyl/N-ethyl adjacent to an activating group) is 1. The van der Waals surface area contributed by atoms with Crippen LogP contribution >= 0.6 is 0 Å². The molecule has 0 bridgehead atoms. The van der Waals surface area contributed by atoms with Gasteiger partial charge >= 0.3 is 0 Å². The average Bonchev–Trinajstić information content (AvgIpc) is 2.82. The van der Waals surface area contributed by atoms with Crippen molar-refractivity contribution >= 4 is 10.0 Å². The lowest BCUT2D eigenvalue weighted by Gasteiger charge is -2.20. The molecule has 0 aromatic heterocycles. The summed E-state index contributed by atoms with van der Waals surface area (Å²) < 4.78 is 40.2. The first kappa shape index (κ1) is 15.4. The lowest BCUT2D eigenvalue weighted by Crippen LogP contribution is -2.38. The fraction of sp³-hybridized carbons (Fsp3) is 0.538. The second kappa shape index (κ2) is 6.17. The molecule has 0 saturated carbocycles. The van der Waals surface area contributed by atoms with E-state index in [9.17, 15) is 17.9 Å². The smallest absolute Gasteiger partial charge is 0.241 e. The van der Waals surface area contributed by atoms with Crippen LogP contribution in [0.2, 0.25) is 0 Å². The Morgan fingerprint density at radius 3 is 2.85 bits per heavy atom. The van der Waals surface area contributed by atoms with Gasteiger partial charge in [0.05, 0.1) is 11.5 Å². The van der Waals surface area contributed by atoms with Gasteiger partial charge in [0.15, 0.2) is 0 Å². The summed E-state index contributed by atoms with van der Waals surface area (Å²) >= 11 is 0. The van der Waals surface area contributed by atoms with Crippen molar-refractivity contribution in [3.05, 3.63) is 29.6 Å². The Balaban J connectivity index is 2.15. The zero-order chi connectivity index (χ0) is 14.8. The van der Waals surface area contributed by atoms with E-state index in [1.165, 1.54) is 6.07 Å². The molecule has 1 unspecified atom stereocenters. The van der Waals surface area contributed by atoms with E-state index in [1.807, 2.05) is 7.05 Å². The highest BCUT2D eigenvalue weighted by Gasteiger charge is 2.25. The lowest BCUT2D eigenvalue weighted by atomic mass is 10.2. The number of halogens is 1. The third-order valence-corrected chi connectivity index (χ3v) is 5.18. The van der Waals surface area contributed by atoms with Crippen molar-refractivity contribution in [1.29, 1.82) is 0 Å². The van der Waals surface area contributed by atoms with Crippen molar-refractivity contribution in [3.63, 3.8) is 0 Å². The average molecular weight is 302 g/mol. The summed E-state index contributed by atoms with van der Waals surface area (Å²) in [5, 5.41) is 9.17. The van der Waals surface area contributed by atoms with Gasteiger partial charge in [-0.05, 0) is 44.1 Å². The second-order valence-electron chi connectivity index (χ2n) is 5.04. The lowest BCUT2D eigenvalue weighted by molar-refractivity contribution is 0.278. The summed E-state index contributed by atoms with van der Waals surface area (Å²) in [6, 6.07) is 3.52. The Morgan fingerprint density at radius 1 is 1.50 bits per heavy atom. The van der Waals surface area contributed by atoms with E-state index in [0.29, 0.717) is 6.54 Å². The van der Waals surface area contributed by atoms with Gasteiger partial charge < -0.3 is 10.0 Å². The summed E-state index contributed by atoms with van der Waals surface area (Å²) in [4.78, 5) is 1.90. The van der Waals surface area contributed by atoms with Crippen molar-refractivity contribution < 1.29 is 17.9 Å². The number of nitrogens with zero attached hydrogens (tertiary/aromatic N) is 1. The van der Waals surface area contributed by atoms with Gasteiger partial charge in [-0.1, -0.05) is 6.07 Å². The Kier molecular flexibility index (Phi) is 4.74. The maximum absolute atomic E-state index is 13.2. The van der Waals surface area contributed by atoms with E-state index in [-0.39, 0.29) is 16.5 Å². The molecule has 1 heterocycles. The number of aliphatic hydroxyl groups excluding tert-OH is 1. The molecule has 1 saturated heterocycles. The molecular weight excluding hydrogens is 283 g/mol. The highest BCUT2D eigenvalue weighted by Crippen LogP contribution is 2.19. The van der Waals surface area contributed by atoms with E-state index in [0.717, 1.165) is 31.5 Å². The predicted octanol–water partition coefficient (Wildman–Crippen LogP) is 0.690. The number of aliphatic hydroxyl groups is 1. The molecule has 1 aromatic carbocycles. The maximum Gasteiger partial charge on any atom is 0.241 e. The SMILES string of the molecule is CN1CCCC1CNS(=O)(=O)c1cc(F)ccc1CO. The van der Waals surface area contributed by atoms with Crippen LogP contribution < -0.4 is 4.72 Å². The van der Waals surface area contributed by atoms with Crippen LogP contribution in [0.1, 0.15) is 18.4 Å². The first-order valence-electron chi connectivity index (χ1n) is 6.53. The van der Waals surface area contributed by atoms with Crippen molar-refractivity contribution in [3.8, 4) is 0 Å². The zero-order valence-electron chi connectivity index (χ0n) is 11.3. The molecule has 112 valence electrons. The molecule has 2 rings (SSSR count). The van der Waals surface area contributed by atoms with Crippen LogP contribution in [0.25, 0.3) is 0 Å². The summed E-state index contributed by atoms with van der Waals surface area (Å²) in [7, 11) is -1.86. The molecule has 5 nitrogen and oxygen atoms in total. The molecule has 2 N–H and O–H groups in total. The van der Waals surface area contributed by atoms with Crippen LogP contribution in [0.4, 0.5) is 4.39 Å². The van der Waals surface area contributed by atoms with Crippen LogP contribution in [0, 0.1) is 5.82 Å². The van der Waals surface area contributed by atoms with Crippen molar-refractivity contribution in [2.75, 3.05) is 20.1 Å². The van der Waals surface area contributed by atoms with Gasteiger partial charge in [0.1, 0.15) is 5.82 Å². The monoisotopic (exact) mass is 302 g/mol. The Bertz CT molecular complexity index is 577. The van der Waals surface area contributed by atoms with Crippen LogP contribution in [-0.4, -0.2) is 44.6 Å². The second-order valence-corrected chi connectivity index (χ2v) is 6.77. The van der Waals surface area contributed by atoms with E-state index in [1.54, 1.807) is 0 Å². The van der Waals surface area contributed by atoms with Gasteiger partial charge in [-0.25, -0.2) is 17.5 Å². The van der Waals surface area contributed by atoms with Gasteiger partial charge in [-0.2, -0.15) is 0 Å². The van der Waals surface area contributed by atoms with E-state index >= 15 is 0 Å². The summed E-state index contributed by atoms with van der Waals surface area (Å²) in [5.41, 5.74) is 0.193. The van der Waals surface area contributed by atoms with Crippen LogP contribution in [0.3, 0.4) is 0 Å². The van der Waals surface area contributed by atoms with Gasteiger partial charge in [0.25, 0.3) is 0 Å². The third kappa shape index (κ3) is 3.35. The Labute approximate surface area is 118 Å². The number of benzene rings is 1. The minimum absolute atomic E-state index is 0.163. The van der Waals surface area contributed by atoms with Crippen molar-refractivity contribution in [1.82, 2.24) is 9.62 Å². The topological polar surface area (TPSA) is 69.6 Å². The number of sulfonamides is 1. The van der Waals surface area contributed by atoms with E-state index in [2.05, 4.69) is 9.62 Å². The Hall–Kier alpha value is -1.02. The molecule has 20 heavy (non-hydrogen) atoms. The highest BCUT2D eigenvalue weighted by atomic mass is 32.2. The quantitative estimate of drug-likeness (QED) is 0.840. The highest BCUT2D eigenvalue weighted by molar-refractivity contribution is 7.89. The molecule has 0 spiro atoms. The molecule has 0 radical (unpaired) electrons. The minimum Gasteiger partial charge on any atom is -0.392 e. The van der Waals surface area contributed by atoms with Crippen LogP contribution in [-0.2, 0) is 16.6 Å². The van der Waals surface area contributed by atoms with E-state index in [4.69, 9.17) is 0 Å². The number of nitrogens with one attached hydrogen (secondary N) is 1. The Morgan fingerprint density at radius 2 is 2.25 bits per heavy atom. The first-order valence-corrected chi connectivity index (χ1v) is 8.01. The molecule has 1 aliphatic heterocycles. The third-order valence-electron chi connectivity index (χ3n) is 3.67. The fourth-order valence-electron chi connectivity index (χ4n) is 2.43. The van der Waals surface area contributed by atoms with Gasteiger partial charge in [-0.3, -0.25) is 0 Å². The molecule has 7 heteroatoms. The molecule has 1 atom stereocenters. The summed E-state index contributed by atoms with van der Waals surface area (Å²) in [5.74, 6) is -0.638. The first-order chi connectivity index (χ1) is 9.44. The summed E-state index contributed by atoms with van der Waals surface area (Å²) in [6.07, 6.45) is 1.99. The number of rotatable bonds is 5. The van der Waals surface area contributed by atoms with Crippen molar-refractivity contribution in [2.45, 2.75) is 30.4 Å². The number of hydrogen-bond acceptors (Lipinski definition) is 4. The maximum atomic E-state index is 13.2. The van der Waals surface area contributed by atoms with Gasteiger partial charge in [0, 0.05) is 12.6 Å². The molecule has 1 aliphatic rings. The number of likely N-dealkylation sites (tertiary alicyclic amines) is 1. The molecular formula is C13H19FN2O3S. The molecule has 0 aliphatic carbocycles. The predicted molar refractivity (Wildman–Crippen MR) is 73.2 cm³/mol. The van der Waals surface area contributed by atoms with Crippen LogP contribution in [0.5, 0.6) is 0 Å². The molecule has 1 aromatic rings. The van der Waals surface area contributed by atoms with E-state index < -0.39 is 22.4 Å². The number of hydrogen-bond donors (Lipinski definition) is 2. The fourth-order valence-corrected chi connectivity index (χ4v) is 3.74. The summed E-state index contributed by atoms with van der Waals surface area (Å²) in [6.45, 7) is 0.800. The van der Waals surface area contributed by atoms with Gasteiger partial charge in [-0.15, -0.1) is 0 Å². The molecule has 1 fully saturated rings. The van der Waals surface area contributed by atoms with Gasteiger partial charge in [0.2, 0.25) is 10.0 Å². The largest absolute Gasteiger partial charge is 0.392 e. The standard InChI is InChI=1S/C13H19FN2O3S/c1-16-6-2-3-12(16)8-15-20(18,19)13-7-11(14)5-4-10(13)9-17/h4-5,7,12,15,17H,2-3,6,8-9H2,1H3. The van der Waals surface area contributed by atoms with Crippen LogP contribution in [0.15, 0.2) is 23.1 Å².